The van der Waals surface area contributed by atoms with Gasteiger partial charge in [0.1, 0.15) is 17.1 Å². The molecule has 3 heteroatoms. The third kappa shape index (κ3) is 1.21. The lowest BCUT2D eigenvalue weighted by molar-refractivity contribution is 0.496. The minimum atomic E-state index is -0.288. The van der Waals surface area contributed by atoms with Crippen LogP contribution in [-0.4, -0.2) is 6.08 Å². The topological polar surface area (TPSA) is 42.6 Å². The lowest BCUT2D eigenvalue weighted by Gasteiger charge is -2.03. The fraction of sp³-hybridized carbons (Fsp3) is 0.500. The molecule has 2 rings (SSSR count). The molecule has 13 heavy (non-hydrogen) atoms. The summed E-state index contributed by atoms with van der Waals surface area (Å²) in [5.41, 5.74) is 0.761. The van der Waals surface area contributed by atoms with E-state index in [9.17, 15) is 4.79 Å². The summed E-state index contributed by atoms with van der Waals surface area (Å²) in [4.78, 5) is 14.1. The van der Waals surface area contributed by atoms with E-state index in [0.29, 0.717) is 0 Å². The van der Waals surface area contributed by atoms with Gasteiger partial charge in [-0.05, 0) is 32.8 Å². The molecule has 0 aromatic carbocycles. The molecular formula is C10H11NO2. The van der Waals surface area contributed by atoms with Crippen molar-refractivity contribution in [3.05, 3.63) is 23.2 Å². The highest BCUT2D eigenvalue weighted by atomic mass is 16.3. The molecular weight excluding hydrogens is 166 g/mol. The average Bonchev–Trinajstić information content (AvgIpc) is 2.74. The highest BCUT2D eigenvalue weighted by molar-refractivity contribution is 5.42. The van der Waals surface area contributed by atoms with Crippen LogP contribution in [0.1, 0.15) is 29.9 Å². The largest absolute Gasteiger partial charge is 0.466 e. The summed E-state index contributed by atoms with van der Waals surface area (Å²) < 4.78 is 5.40. The van der Waals surface area contributed by atoms with E-state index in [4.69, 9.17) is 4.42 Å². The Morgan fingerprint density at radius 3 is 2.62 bits per heavy atom. The van der Waals surface area contributed by atoms with Gasteiger partial charge in [-0.3, -0.25) is 0 Å². The molecule has 0 radical (unpaired) electrons. The van der Waals surface area contributed by atoms with Gasteiger partial charge in [-0.25, -0.2) is 4.79 Å². The minimum Gasteiger partial charge on any atom is -0.466 e. The van der Waals surface area contributed by atoms with Gasteiger partial charge >= 0.3 is 0 Å². The van der Waals surface area contributed by atoms with Gasteiger partial charge in [0.2, 0.25) is 6.08 Å². The Morgan fingerprint density at radius 2 is 2.23 bits per heavy atom. The van der Waals surface area contributed by atoms with Gasteiger partial charge < -0.3 is 4.42 Å². The Hall–Kier alpha value is -1.34. The zero-order valence-electron chi connectivity index (χ0n) is 7.76. The number of isocyanates is 1. The second kappa shape index (κ2) is 2.57. The van der Waals surface area contributed by atoms with Gasteiger partial charge in [-0.15, -0.1) is 0 Å². The molecule has 0 N–H and O–H groups in total. The fourth-order valence-electron chi connectivity index (χ4n) is 1.74. The highest BCUT2D eigenvalue weighted by Gasteiger charge is 2.47. The Balaban J connectivity index is 2.45. The van der Waals surface area contributed by atoms with Crippen LogP contribution in [0.3, 0.4) is 0 Å². The van der Waals surface area contributed by atoms with Crippen LogP contribution >= 0.6 is 0 Å². The van der Waals surface area contributed by atoms with E-state index in [1.165, 1.54) is 0 Å². The molecule has 1 aromatic rings. The van der Waals surface area contributed by atoms with E-state index in [0.717, 1.165) is 29.9 Å². The fourth-order valence-corrected chi connectivity index (χ4v) is 1.74. The third-order valence-corrected chi connectivity index (χ3v) is 2.53. The molecule has 0 unspecified atom stereocenters. The first-order chi connectivity index (χ1) is 6.18. The third-order valence-electron chi connectivity index (χ3n) is 2.53. The number of carbonyl (C=O) groups excluding carboxylic acids is 1. The van der Waals surface area contributed by atoms with Gasteiger partial charge in [0.05, 0.1) is 0 Å². The van der Waals surface area contributed by atoms with Crippen molar-refractivity contribution in [2.75, 3.05) is 0 Å². The van der Waals surface area contributed by atoms with Gasteiger partial charge in [-0.1, -0.05) is 0 Å². The van der Waals surface area contributed by atoms with Crippen molar-refractivity contribution < 1.29 is 9.21 Å². The maximum atomic E-state index is 10.2. The van der Waals surface area contributed by atoms with E-state index in [-0.39, 0.29) is 5.54 Å². The van der Waals surface area contributed by atoms with Crippen LogP contribution in [-0.2, 0) is 10.3 Å². The summed E-state index contributed by atoms with van der Waals surface area (Å²) in [6, 6.07) is 1.96. The van der Waals surface area contributed by atoms with E-state index < -0.39 is 0 Å². The molecule has 1 saturated carbocycles. The lowest BCUT2D eigenvalue weighted by Crippen LogP contribution is -2.01. The lowest BCUT2D eigenvalue weighted by atomic mass is 10.1. The summed E-state index contributed by atoms with van der Waals surface area (Å²) in [6.45, 7) is 3.81. The smallest absolute Gasteiger partial charge is 0.235 e. The number of furan rings is 1. The Bertz CT molecular complexity index is 382. The van der Waals surface area contributed by atoms with Crippen LogP contribution in [0.4, 0.5) is 0 Å². The van der Waals surface area contributed by atoms with Crippen LogP contribution in [0.5, 0.6) is 0 Å². The summed E-state index contributed by atoms with van der Waals surface area (Å²) in [5, 5.41) is 0. The Labute approximate surface area is 76.5 Å². The monoisotopic (exact) mass is 177 g/mol. The standard InChI is InChI=1S/C10H11NO2/c1-7-5-9(8(2)13-7)10(3-4-10)11-6-12/h5H,3-4H2,1-2H3. The second-order valence-electron chi connectivity index (χ2n) is 3.56. The van der Waals surface area contributed by atoms with E-state index in [1.807, 2.05) is 19.9 Å². The van der Waals surface area contributed by atoms with Crippen molar-refractivity contribution in [2.24, 2.45) is 4.99 Å². The zero-order chi connectivity index (χ0) is 9.47. The molecule has 1 aliphatic carbocycles. The number of rotatable bonds is 2. The molecule has 0 aliphatic heterocycles. The highest BCUT2D eigenvalue weighted by Crippen LogP contribution is 2.50. The van der Waals surface area contributed by atoms with Gasteiger partial charge in [-0.2, -0.15) is 4.99 Å². The predicted octanol–water partition coefficient (Wildman–Crippen LogP) is 2.22. The number of hydrogen-bond acceptors (Lipinski definition) is 3. The minimum absolute atomic E-state index is 0.288. The van der Waals surface area contributed by atoms with Crippen LogP contribution in [0.25, 0.3) is 0 Å². The SMILES string of the molecule is Cc1cc(C2(N=C=O)CC2)c(C)o1. The quantitative estimate of drug-likeness (QED) is 0.513. The van der Waals surface area contributed by atoms with E-state index in [2.05, 4.69) is 4.99 Å². The Kier molecular flexibility index (Phi) is 1.64. The van der Waals surface area contributed by atoms with Crippen LogP contribution in [0.15, 0.2) is 15.5 Å². The van der Waals surface area contributed by atoms with Crippen LogP contribution in [0.2, 0.25) is 0 Å². The number of nitrogens with zero attached hydrogens (tertiary/aromatic N) is 1. The van der Waals surface area contributed by atoms with Crippen molar-refractivity contribution in [1.29, 1.82) is 0 Å². The van der Waals surface area contributed by atoms with Crippen molar-refractivity contribution in [3.63, 3.8) is 0 Å². The summed E-state index contributed by atoms with van der Waals surface area (Å²) >= 11 is 0. The van der Waals surface area contributed by atoms with Crippen LogP contribution < -0.4 is 0 Å². The second-order valence-corrected chi connectivity index (χ2v) is 3.56. The molecule has 1 fully saturated rings. The first-order valence-electron chi connectivity index (χ1n) is 4.34. The summed E-state index contributed by atoms with van der Waals surface area (Å²) in [7, 11) is 0. The zero-order valence-corrected chi connectivity index (χ0v) is 7.76. The molecule has 3 nitrogen and oxygen atoms in total. The predicted molar refractivity (Wildman–Crippen MR) is 47.2 cm³/mol. The Morgan fingerprint density at radius 1 is 1.54 bits per heavy atom. The molecule has 0 saturated heterocycles. The molecule has 0 amide bonds. The van der Waals surface area contributed by atoms with E-state index in [1.54, 1.807) is 6.08 Å². The van der Waals surface area contributed by atoms with E-state index >= 15 is 0 Å². The maximum absolute atomic E-state index is 10.2. The maximum Gasteiger partial charge on any atom is 0.235 e. The first kappa shape index (κ1) is 8.27. The molecule has 0 bridgehead atoms. The molecule has 1 aromatic heterocycles. The molecule has 1 aliphatic rings. The average molecular weight is 177 g/mol. The summed E-state index contributed by atoms with van der Waals surface area (Å²) in [6.07, 6.45) is 3.50. The molecule has 0 atom stereocenters. The number of aliphatic imine (C=N–C) groups is 1. The number of hydrogen-bond donors (Lipinski definition) is 0. The van der Waals surface area contributed by atoms with Crippen molar-refractivity contribution in [1.82, 2.24) is 0 Å². The van der Waals surface area contributed by atoms with Crippen molar-refractivity contribution >= 4 is 6.08 Å². The van der Waals surface area contributed by atoms with Gasteiger partial charge in [0, 0.05) is 5.56 Å². The number of aryl methyl sites for hydroxylation is 2. The molecule has 68 valence electrons. The van der Waals surface area contributed by atoms with Crippen molar-refractivity contribution in [3.8, 4) is 0 Å². The van der Waals surface area contributed by atoms with Crippen molar-refractivity contribution in [2.45, 2.75) is 32.2 Å². The normalized spacial score (nSPS) is 18.0. The van der Waals surface area contributed by atoms with Gasteiger partial charge in [0.25, 0.3) is 0 Å². The van der Waals surface area contributed by atoms with Gasteiger partial charge in [0.15, 0.2) is 0 Å². The molecule has 0 spiro atoms. The summed E-state index contributed by atoms with van der Waals surface area (Å²) in [5.74, 6) is 1.74. The first-order valence-corrected chi connectivity index (χ1v) is 4.34. The van der Waals surface area contributed by atoms with Crippen LogP contribution in [0, 0.1) is 13.8 Å². The molecule has 1 heterocycles.